The molecule has 7 heteroatoms. The fourth-order valence-electron chi connectivity index (χ4n) is 2.36. The van der Waals surface area contributed by atoms with Gasteiger partial charge in [0.1, 0.15) is 0 Å². The lowest BCUT2D eigenvalue weighted by molar-refractivity contribution is 0.0790. The van der Waals surface area contributed by atoms with Gasteiger partial charge in [0.15, 0.2) is 0 Å². The largest absolute Gasteiger partial charge is 0.337 e. The van der Waals surface area contributed by atoms with E-state index in [2.05, 4.69) is 4.72 Å². The quantitative estimate of drug-likeness (QED) is 0.910. The minimum Gasteiger partial charge on any atom is -0.337 e. The van der Waals surface area contributed by atoms with E-state index in [-0.39, 0.29) is 11.9 Å². The summed E-state index contributed by atoms with van der Waals surface area (Å²) >= 11 is 1.61. The Morgan fingerprint density at radius 2 is 2.16 bits per heavy atom. The lowest BCUT2D eigenvalue weighted by Crippen LogP contribution is -2.37. The van der Waals surface area contributed by atoms with E-state index in [9.17, 15) is 13.2 Å². The van der Waals surface area contributed by atoms with Crippen molar-refractivity contribution < 1.29 is 13.2 Å². The SMILES string of the molecule is Cc1cc(C(=O)N2CC[C@@H](NS(C)(=O)=O)C2)c(C)s1. The molecule has 1 aliphatic heterocycles. The highest BCUT2D eigenvalue weighted by Gasteiger charge is 2.29. The minimum absolute atomic E-state index is 0.000323. The summed E-state index contributed by atoms with van der Waals surface area (Å²) in [5.74, 6) is -0.000323. The second-order valence-corrected chi connectivity index (χ2v) is 8.19. The highest BCUT2D eigenvalue weighted by molar-refractivity contribution is 7.88. The van der Waals surface area contributed by atoms with Crippen molar-refractivity contribution in [2.24, 2.45) is 0 Å². The van der Waals surface area contributed by atoms with Crippen LogP contribution in [0, 0.1) is 13.8 Å². The maximum atomic E-state index is 12.3. The predicted molar refractivity (Wildman–Crippen MR) is 76.1 cm³/mol. The molecule has 1 fully saturated rings. The van der Waals surface area contributed by atoms with Crippen molar-refractivity contribution in [3.8, 4) is 0 Å². The Morgan fingerprint density at radius 3 is 2.68 bits per heavy atom. The smallest absolute Gasteiger partial charge is 0.255 e. The number of nitrogens with one attached hydrogen (secondary N) is 1. The maximum absolute atomic E-state index is 12.3. The molecular formula is C12H18N2O3S2. The zero-order chi connectivity index (χ0) is 14.2. The van der Waals surface area contributed by atoms with E-state index < -0.39 is 10.0 Å². The number of carbonyl (C=O) groups excluding carboxylic acids is 1. The number of hydrogen-bond donors (Lipinski definition) is 1. The number of carbonyl (C=O) groups is 1. The summed E-state index contributed by atoms with van der Waals surface area (Å²) in [7, 11) is -3.21. The molecule has 2 rings (SSSR count). The molecule has 19 heavy (non-hydrogen) atoms. The number of nitrogens with zero attached hydrogens (tertiary/aromatic N) is 1. The first kappa shape index (κ1) is 14.5. The van der Waals surface area contributed by atoms with Crippen LogP contribution in [0.25, 0.3) is 0 Å². The molecule has 2 heterocycles. The number of rotatable bonds is 3. The molecule has 106 valence electrons. The topological polar surface area (TPSA) is 66.5 Å². The van der Waals surface area contributed by atoms with Gasteiger partial charge in [0.2, 0.25) is 10.0 Å². The van der Waals surface area contributed by atoms with Gasteiger partial charge in [-0.3, -0.25) is 4.79 Å². The average Bonchev–Trinajstić information content (AvgIpc) is 2.82. The minimum atomic E-state index is -3.21. The Hall–Kier alpha value is -0.920. The van der Waals surface area contributed by atoms with Crippen molar-refractivity contribution in [1.29, 1.82) is 0 Å². The van der Waals surface area contributed by atoms with Crippen LogP contribution in [0.1, 0.15) is 26.5 Å². The molecule has 1 aromatic rings. The van der Waals surface area contributed by atoms with Gasteiger partial charge in [-0.15, -0.1) is 11.3 Å². The van der Waals surface area contributed by atoms with Crippen LogP contribution in [0.4, 0.5) is 0 Å². The van der Waals surface area contributed by atoms with Crippen molar-refractivity contribution in [3.05, 3.63) is 21.4 Å². The zero-order valence-electron chi connectivity index (χ0n) is 11.3. The van der Waals surface area contributed by atoms with Crippen LogP contribution in [0.5, 0.6) is 0 Å². The monoisotopic (exact) mass is 302 g/mol. The van der Waals surface area contributed by atoms with E-state index in [1.54, 1.807) is 16.2 Å². The third-order valence-corrected chi connectivity index (χ3v) is 4.86. The standard InChI is InChI=1S/C12H18N2O3S2/c1-8-6-11(9(2)18-8)12(15)14-5-4-10(7-14)13-19(3,16)17/h6,10,13H,4-5,7H2,1-3H3/t10-/m1/s1. The molecule has 1 N–H and O–H groups in total. The van der Waals surface area contributed by atoms with Gasteiger partial charge in [0.05, 0.1) is 11.8 Å². The Balaban J connectivity index is 2.05. The van der Waals surface area contributed by atoms with Crippen molar-refractivity contribution in [3.63, 3.8) is 0 Å². The molecule has 0 bridgehead atoms. The molecule has 1 amide bonds. The number of aryl methyl sites for hydroxylation is 2. The Morgan fingerprint density at radius 1 is 1.47 bits per heavy atom. The summed E-state index contributed by atoms with van der Waals surface area (Å²) < 4.78 is 24.9. The number of thiophene rings is 1. The van der Waals surface area contributed by atoms with Crippen LogP contribution in [-0.4, -0.2) is 44.6 Å². The summed E-state index contributed by atoms with van der Waals surface area (Å²) in [4.78, 5) is 16.2. The zero-order valence-corrected chi connectivity index (χ0v) is 12.9. The molecule has 0 radical (unpaired) electrons. The molecule has 0 saturated carbocycles. The highest BCUT2D eigenvalue weighted by atomic mass is 32.2. The fourth-order valence-corrected chi connectivity index (χ4v) is 4.07. The third kappa shape index (κ3) is 3.55. The Kier molecular flexibility index (Phi) is 3.98. The number of hydrogen-bond acceptors (Lipinski definition) is 4. The summed E-state index contributed by atoms with van der Waals surface area (Å²) in [6.07, 6.45) is 1.81. The van der Waals surface area contributed by atoms with Crippen molar-refractivity contribution in [1.82, 2.24) is 9.62 Å². The first-order chi connectivity index (χ1) is 8.76. The van der Waals surface area contributed by atoms with E-state index in [0.717, 1.165) is 21.6 Å². The molecule has 0 unspecified atom stereocenters. The van der Waals surface area contributed by atoms with Gasteiger partial charge in [0.25, 0.3) is 5.91 Å². The van der Waals surface area contributed by atoms with Gasteiger partial charge in [0, 0.05) is 28.9 Å². The van der Waals surface area contributed by atoms with Crippen molar-refractivity contribution in [2.75, 3.05) is 19.3 Å². The van der Waals surface area contributed by atoms with E-state index in [1.165, 1.54) is 0 Å². The molecular weight excluding hydrogens is 284 g/mol. The molecule has 1 atom stereocenters. The van der Waals surface area contributed by atoms with Crippen LogP contribution in [-0.2, 0) is 10.0 Å². The van der Waals surface area contributed by atoms with E-state index in [0.29, 0.717) is 19.5 Å². The van der Waals surface area contributed by atoms with Crippen LogP contribution >= 0.6 is 11.3 Å². The second-order valence-electron chi connectivity index (χ2n) is 4.95. The molecule has 1 aliphatic rings. The van der Waals surface area contributed by atoms with E-state index >= 15 is 0 Å². The molecule has 5 nitrogen and oxygen atoms in total. The van der Waals surface area contributed by atoms with Gasteiger partial charge in [-0.05, 0) is 26.3 Å². The Bertz CT molecular complexity index is 592. The van der Waals surface area contributed by atoms with E-state index in [1.807, 2.05) is 19.9 Å². The molecule has 0 aliphatic carbocycles. The second kappa shape index (κ2) is 5.22. The van der Waals surface area contributed by atoms with Gasteiger partial charge < -0.3 is 4.90 Å². The maximum Gasteiger partial charge on any atom is 0.255 e. The average molecular weight is 302 g/mol. The summed E-state index contributed by atoms with van der Waals surface area (Å²) in [6.45, 7) is 4.96. The molecule has 1 aromatic heterocycles. The number of likely N-dealkylation sites (tertiary alicyclic amines) is 1. The van der Waals surface area contributed by atoms with Crippen molar-refractivity contribution >= 4 is 27.3 Å². The van der Waals surface area contributed by atoms with Gasteiger partial charge in [-0.1, -0.05) is 0 Å². The van der Waals surface area contributed by atoms with Crippen LogP contribution in [0.15, 0.2) is 6.07 Å². The van der Waals surface area contributed by atoms with Crippen LogP contribution in [0.3, 0.4) is 0 Å². The Labute approximate surface area is 117 Å². The lowest BCUT2D eigenvalue weighted by Gasteiger charge is -2.16. The third-order valence-electron chi connectivity index (χ3n) is 3.13. The molecule has 0 spiro atoms. The predicted octanol–water partition coefficient (Wildman–Crippen LogP) is 1.13. The first-order valence-corrected chi connectivity index (χ1v) is 8.80. The normalized spacial score (nSPS) is 19.9. The van der Waals surface area contributed by atoms with Crippen molar-refractivity contribution in [2.45, 2.75) is 26.3 Å². The van der Waals surface area contributed by atoms with Crippen LogP contribution in [0.2, 0.25) is 0 Å². The summed E-state index contributed by atoms with van der Waals surface area (Å²) in [5, 5.41) is 0. The highest BCUT2D eigenvalue weighted by Crippen LogP contribution is 2.23. The lowest BCUT2D eigenvalue weighted by atomic mass is 10.2. The first-order valence-electron chi connectivity index (χ1n) is 6.10. The van der Waals surface area contributed by atoms with E-state index in [4.69, 9.17) is 0 Å². The van der Waals surface area contributed by atoms with Gasteiger partial charge in [-0.25, -0.2) is 13.1 Å². The van der Waals surface area contributed by atoms with Gasteiger partial charge in [-0.2, -0.15) is 0 Å². The fraction of sp³-hybridized carbons (Fsp3) is 0.583. The number of sulfonamides is 1. The summed E-state index contributed by atoms with van der Waals surface area (Å²) in [6, 6.07) is 1.73. The van der Waals surface area contributed by atoms with Crippen LogP contribution < -0.4 is 4.72 Å². The molecule has 0 aromatic carbocycles. The molecule has 1 saturated heterocycles. The summed E-state index contributed by atoms with van der Waals surface area (Å²) in [5.41, 5.74) is 0.738. The van der Waals surface area contributed by atoms with Gasteiger partial charge >= 0.3 is 0 Å². The number of amides is 1.